The Kier molecular flexibility index (Phi) is 6.02. The number of benzene rings is 2. The molecule has 0 bridgehead atoms. The van der Waals surface area contributed by atoms with Gasteiger partial charge >= 0.3 is 0 Å². The fraction of sp³-hybridized carbons (Fsp3) is 0.278. The number of hydrogen-bond donors (Lipinski definition) is 2. The number of halogens is 1. The van der Waals surface area contributed by atoms with Crippen LogP contribution in [0.5, 0.6) is 0 Å². The third kappa shape index (κ3) is 5.27. The Morgan fingerprint density at radius 2 is 1.91 bits per heavy atom. The van der Waals surface area contributed by atoms with Crippen LogP contribution in [0.1, 0.15) is 23.7 Å². The van der Waals surface area contributed by atoms with E-state index in [4.69, 9.17) is 11.6 Å². The number of aliphatic hydroxyl groups is 1. The Morgan fingerprint density at radius 3 is 2.57 bits per heavy atom. The van der Waals surface area contributed by atoms with Gasteiger partial charge in [-0.2, -0.15) is 0 Å². The summed E-state index contributed by atoms with van der Waals surface area (Å²) in [5.41, 5.74) is 2.78. The standard InChI is InChI=1S/C18H21ClN2O2/c1-21(2)16-5-3-4-13(10-16)12-20-18(23)11-17(22)14-6-8-15(19)9-7-14/h3-10,17,22H,11-12H2,1-2H3,(H,20,23)/t17-/m0/s1. The topological polar surface area (TPSA) is 52.6 Å². The van der Waals surface area contributed by atoms with Crippen LogP contribution in [-0.2, 0) is 11.3 Å². The van der Waals surface area contributed by atoms with Gasteiger partial charge in [0.2, 0.25) is 5.91 Å². The summed E-state index contributed by atoms with van der Waals surface area (Å²) in [5.74, 6) is -0.192. The number of amides is 1. The molecule has 0 unspecified atom stereocenters. The first kappa shape index (κ1) is 17.3. The first-order valence-electron chi connectivity index (χ1n) is 7.42. The van der Waals surface area contributed by atoms with E-state index in [1.807, 2.05) is 43.3 Å². The summed E-state index contributed by atoms with van der Waals surface area (Å²) in [7, 11) is 3.94. The third-order valence-electron chi connectivity index (χ3n) is 3.55. The summed E-state index contributed by atoms with van der Waals surface area (Å²) in [6.07, 6.45) is -0.810. The highest BCUT2D eigenvalue weighted by molar-refractivity contribution is 6.30. The quantitative estimate of drug-likeness (QED) is 0.854. The summed E-state index contributed by atoms with van der Waals surface area (Å²) in [6.45, 7) is 0.438. The Labute approximate surface area is 141 Å². The summed E-state index contributed by atoms with van der Waals surface area (Å²) in [4.78, 5) is 14.0. The van der Waals surface area contributed by atoms with Crippen molar-refractivity contribution in [2.75, 3.05) is 19.0 Å². The molecule has 23 heavy (non-hydrogen) atoms. The first-order chi connectivity index (χ1) is 11.0. The highest BCUT2D eigenvalue weighted by Gasteiger charge is 2.12. The molecule has 122 valence electrons. The molecule has 1 amide bonds. The van der Waals surface area contributed by atoms with Crippen LogP contribution in [0.4, 0.5) is 5.69 Å². The summed E-state index contributed by atoms with van der Waals surface area (Å²) >= 11 is 5.81. The second-order valence-electron chi connectivity index (χ2n) is 5.61. The molecular formula is C18H21ClN2O2. The first-order valence-corrected chi connectivity index (χ1v) is 7.80. The molecule has 2 N–H and O–H groups in total. The minimum absolute atomic E-state index is 0.0228. The minimum atomic E-state index is -0.833. The highest BCUT2D eigenvalue weighted by atomic mass is 35.5. The van der Waals surface area contributed by atoms with Crippen molar-refractivity contribution >= 4 is 23.2 Å². The number of nitrogens with one attached hydrogen (secondary N) is 1. The molecule has 0 heterocycles. The van der Waals surface area contributed by atoms with Gasteiger partial charge in [-0.1, -0.05) is 35.9 Å². The lowest BCUT2D eigenvalue weighted by atomic mass is 10.1. The van der Waals surface area contributed by atoms with Gasteiger partial charge in [0.1, 0.15) is 0 Å². The van der Waals surface area contributed by atoms with Crippen molar-refractivity contribution in [3.8, 4) is 0 Å². The number of nitrogens with zero attached hydrogens (tertiary/aromatic N) is 1. The Bertz CT molecular complexity index is 656. The highest BCUT2D eigenvalue weighted by Crippen LogP contribution is 2.19. The molecule has 0 saturated carbocycles. The molecule has 0 aromatic heterocycles. The summed E-state index contributed by atoms with van der Waals surface area (Å²) in [5, 5.41) is 13.5. The van der Waals surface area contributed by atoms with Gasteiger partial charge in [0.15, 0.2) is 0 Å². The maximum absolute atomic E-state index is 12.0. The van der Waals surface area contributed by atoms with E-state index in [9.17, 15) is 9.90 Å². The van der Waals surface area contributed by atoms with Crippen molar-refractivity contribution < 1.29 is 9.90 Å². The van der Waals surface area contributed by atoms with E-state index in [2.05, 4.69) is 5.32 Å². The lowest BCUT2D eigenvalue weighted by Crippen LogP contribution is -2.24. The van der Waals surface area contributed by atoms with Crippen LogP contribution in [-0.4, -0.2) is 25.1 Å². The van der Waals surface area contributed by atoms with Gasteiger partial charge in [-0.05, 0) is 35.4 Å². The van der Waals surface area contributed by atoms with Gasteiger partial charge in [-0.15, -0.1) is 0 Å². The Morgan fingerprint density at radius 1 is 1.22 bits per heavy atom. The number of carbonyl (C=O) groups excluding carboxylic acids is 1. The van der Waals surface area contributed by atoms with Crippen LogP contribution in [0.2, 0.25) is 5.02 Å². The molecular weight excluding hydrogens is 312 g/mol. The molecule has 2 aromatic carbocycles. The number of carbonyl (C=O) groups is 1. The lowest BCUT2D eigenvalue weighted by Gasteiger charge is -2.14. The summed E-state index contributed by atoms with van der Waals surface area (Å²) in [6, 6.07) is 14.8. The van der Waals surface area contributed by atoms with Crippen LogP contribution in [0.25, 0.3) is 0 Å². The van der Waals surface area contributed by atoms with Gasteiger partial charge in [0, 0.05) is 31.4 Å². The van der Waals surface area contributed by atoms with E-state index in [1.165, 1.54) is 0 Å². The number of anilines is 1. The van der Waals surface area contributed by atoms with Crippen LogP contribution >= 0.6 is 11.6 Å². The van der Waals surface area contributed by atoms with Crippen LogP contribution in [0.15, 0.2) is 48.5 Å². The lowest BCUT2D eigenvalue weighted by molar-refractivity contribution is -0.123. The predicted octanol–water partition coefficient (Wildman–Crippen LogP) is 3.15. The number of hydrogen-bond acceptors (Lipinski definition) is 3. The zero-order valence-electron chi connectivity index (χ0n) is 13.3. The minimum Gasteiger partial charge on any atom is -0.388 e. The van der Waals surface area contributed by atoms with E-state index in [0.29, 0.717) is 17.1 Å². The van der Waals surface area contributed by atoms with Gasteiger partial charge < -0.3 is 15.3 Å². The molecule has 2 aromatic rings. The molecule has 5 heteroatoms. The van der Waals surface area contributed by atoms with Crippen LogP contribution in [0.3, 0.4) is 0 Å². The van der Waals surface area contributed by atoms with Crippen molar-refractivity contribution in [1.29, 1.82) is 0 Å². The van der Waals surface area contributed by atoms with E-state index in [1.54, 1.807) is 24.3 Å². The van der Waals surface area contributed by atoms with Crippen LogP contribution in [0, 0.1) is 0 Å². The fourth-order valence-corrected chi connectivity index (χ4v) is 2.32. The normalized spacial score (nSPS) is 11.8. The molecule has 0 fully saturated rings. The molecule has 0 aliphatic rings. The van der Waals surface area contributed by atoms with Crippen LogP contribution < -0.4 is 10.2 Å². The second-order valence-corrected chi connectivity index (χ2v) is 6.05. The second kappa shape index (κ2) is 7.99. The molecule has 4 nitrogen and oxygen atoms in total. The number of rotatable bonds is 6. The Balaban J connectivity index is 1.87. The molecule has 0 saturated heterocycles. The fourth-order valence-electron chi connectivity index (χ4n) is 2.20. The molecule has 2 rings (SSSR count). The van der Waals surface area contributed by atoms with E-state index in [0.717, 1.165) is 11.3 Å². The SMILES string of the molecule is CN(C)c1cccc(CNC(=O)C[C@H](O)c2ccc(Cl)cc2)c1. The molecule has 0 radical (unpaired) electrons. The van der Waals surface area contributed by atoms with Crippen molar-refractivity contribution in [3.05, 3.63) is 64.7 Å². The van der Waals surface area contributed by atoms with Crippen molar-refractivity contribution in [2.45, 2.75) is 19.1 Å². The predicted molar refractivity (Wildman–Crippen MR) is 93.6 cm³/mol. The van der Waals surface area contributed by atoms with Gasteiger partial charge in [-0.3, -0.25) is 4.79 Å². The van der Waals surface area contributed by atoms with Gasteiger partial charge in [-0.25, -0.2) is 0 Å². The molecule has 0 aliphatic carbocycles. The average molecular weight is 333 g/mol. The van der Waals surface area contributed by atoms with E-state index in [-0.39, 0.29) is 12.3 Å². The molecule has 0 aliphatic heterocycles. The van der Waals surface area contributed by atoms with E-state index >= 15 is 0 Å². The zero-order valence-corrected chi connectivity index (χ0v) is 14.0. The summed E-state index contributed by atoms with van der Waals surface area (Å²) < 4.78 is 0. The monoisotopic (exact) mass is 332 g/mol. The Hall–Kier alpha value is -2.04. The largest absolute Gasteiger partial charge is 0.388 e. The average Bonchev–Trinajstić information content (AvgIpc) is 2.53. The van der Waals surface area contributed by atoms with Crippen molar-refractivity contribution in [2.24, 2.45) is 0 Å². The smallest absolute Gasteiger partial charge is 0.223 e. The number of aliphatic hydroxyl groups excluding tert-OH is 1. The molecule has 1 atom stereocenters. The van der Waals surface area contributed by atoms with Gasteiger partial charge in [0.05, 0.1) is 12.5 Å². The zero-order chi connectivity index (χ0) is 16.8. The maximum Gasteiger partial charge on any atom is 0.223 e. The molecule has 0 spiro atoms. The third-order valence-corrected chi connectivity index (χ3v) is 3.80. The van der Waals surface area contributed by atoms with Gasteiger partial charge in [0.25, 0.3) is 0 Å². The van der Waals surface area contributed by atoms with Crippen molar-refractivity contribution in [1.82, 2.24) is 5.32 Å². The van der Waals surface area contributed by atoms with E-state index < -0.39 is 6.10 Å². The van der Waals surface area contributed by atoms with Crippen molar-refractivity contribution in [3.63, 3.8) is 0 Å². The maximum atomic E-state index is 12.0.